The highest BCUT2D eigenvalue weighted by Crippen LogP contribution is 2.47. The molecule has 2 unspecified atom stereocenters. The Morgan fingerprint density at radius 1 is 0.821 bits per heavy atom. The first-order chi connectivity index (χ1) is 18.9. The molecule has 1 amide bonds. The summed E-state index contributed by atoms with van der Waals surface area (Å²) in [5.74, 6) is -1.33. The number of unbranched alkanes of at least 4 members (excludes halogenated alkanes) is 9. The maximum atomic E-state index is 12.6. The van der Waals surface area contributed by atoms with Gasteiger partial charge in [-0.1, -0.05) is 71.1 Å². The number of thioether (sulfide) groups is 1. The normalized spacial score (nSPS) is 16.1. The van der Waals surface area contributed by atoms with Crippen LogP contribution in [0, 0.1) is 0 Å². The Hall–Kier alpha value is -2.87. The van der Waals surface area contributed by atoms with E-state index in [0.29, 0.717) is 6.42 Å². The van der Waals surface area contributed by atoms with Gasteiger partial charge >= 0.3 is 5.97 Å². The zero-order valence-electron chi connectivity index (χ0n) is 23.0. The predicted octanol–water partition coefficient (Wildman–Crippen LogP) is 8.49. The van der Waals surface area contributed by atoms with Crippen LogP contribution >= 0.6 is 11.8 Å². The molecule has 0 aliphatic carbocycles. The number of rotatable bonds is 19. The molecule has 0 bridgehead atoms. The highest BCUT2D eigenvalue weighted by Gasteiger charge is 2.36. The van der Waals surface area contributed by atoms with E-state index in [-0.39, 0.29) is 40.2 Å². The number of phenolic OH excluding ortho intramolecular Hbond substituents is 2. The lowest BCUT2D eigenvalue weighted by Crippen LogP contribution is -2.12. The second kappa shape index (κ2) is 16.3. The second-order valence-electron chi connectivity index (χ2n) is 10.4. The fourth-order valence-corrected chi connectivity index (χ4v) is 6.02. The van der Waals surface area contributed by atoms with E-state index >= 15 is 0 Å². The lowest BCUT2D eigenvalue weighted by atomic mass is 10.0. The highest BCUT2D eigenvalue weighted by atomic mass is 32.2. The number of nitrogens with one attached hydrogen (secondary N) is 1. The molecule has 7 nitrogen and oxygen atoms in total. The predicted molar refractivity (Wildman–Crippen MR) is 157 cm³/mol. The SMILES string of the molecule is CCCCCCCCCCCC1SC1CCCCC(=O)Nc1cc(O)ccc1Oc1cc(O)cc(C(=O)O)c1. The fourth-order valence-electron chi connectivity index (χ4n) is 4.78. The molecule has 214 valence electrons. The van der Waals surface area contributed by atoms with E-state index in [4.69, 9.17) is 4.74 Å². The molecule has 0 spiro atoms. The van der Waals surface area contributed by atoms with Crippen LogP contribution in [0.4, 0.5) is 5.69 Å². The minimum absolute atomic E-state index is 0.0384. The number of carbonyl (C=O) groups is 2. The number of carboxylic acids is 1. The Morgan fingerprint density at radius 2 is 1.46 bits per heavy atom. The number of hydrogen-bond acceptors (Lipinski definition) is 6. The Balaban J connectivity index is 1.32. The van der Waals surface area contributed by atoms with Crippen molar-refractivity contribution >= 4 is 29.3 Å². The molecule has 4 N–H and O–H groups in total. The van der Waals surface area contributed by atoms with E-state index < -0.39 is 5.97 Å². The standard InChI is InChI=1S/C31H43NO6S/c1-2-3-4-5-6-7-8-9-10-13-28-29(39-28)14-11-12-15-30(35)32-26-21-23(33)16-17-27(26)38-25-19-22(31(36)37)18-24(34)20-25/h16-21,28-29,33-34H,2-15H2,1H3,(H,32,35)(H,36,37). The Morgan fingerprint density at radius 3 is 2.13 bits per heavy atom. The van der Waals surface area contributed by atoms with Crippen molar-refractivity contribution in [2.75, 3.05) is 5.32 Å². The number of aromatic hydroxyl groups is 2. The fraction of sp³-hybridized carbons (Fsp3) is 0.548. The molecule has 2 atom stereocenters. The van der Waals surface area contributed by atoms with Crippen LogP contribution in [-0.4, -0.2) is 37.7 Å². The van der Waals surface area contributed by atoms with Gasteiger partial charge in [0, 0.05) is 29.1 Å². The van der Waals surface area contributed by atoms with Crippen molar-refractivity contribution in [3.8, 4) is 23.0 Å². The molecule has 1 saturated heterocycles. The quantitative estimate of drug-likeness (QED) is 0.101. The summed E-state index contributed by atoms with van der Waals surface area (Å²) in [5, 5.41) is 33.2. The first kappa shape index (κ1) is 30.7. The lowest BCUT2D eigenvalue weighted by Gasteiger charge is -2.13. The Kier molecular flexibility index (Phi) is 12.8. The number of hydrogen-bond donors (Lipinski definition) is 4. The maximum absolute atomic E-state index is 12.6. The van der Waals surface area contributed by atoms with E-state index in [9.17, 15) is 24.9 Å². The molecule has 1 aliphatic rings. The molecular formula is C31H43NO6S. The van der Waals surface area contributed by atoms with Gasteiger partial charge in [0.25, 0.3) is 0 Å². The average Bonchev–Trinajstić information content (AvgIpc) is 3.65. The summed E-state index contributed by atoms with van der Waals surface area (Å²) < 4.78 is 5.74. The molecule has 1 heterocycles. The number of carboxylic acid groups (broad SMARTS) is 1. The Bertz CT molecular complexity index is 1080. The van der Waals surface area contributed by atoms with Gasteiger partial charge in [-0.25, -0.2) is 4.79 Å². The van der Waals surface area contributed by atoms with Crippen LogP contribution in [0.15, 0.2) is 36.4 Å². The molecular weight excluding hydrogens is 514 g/mol. The molecule has 1 aliphatic heterocycles. The summed E-state index contributed by atoms with van der Waals surface area (Å²) >= 11 is 2.08. The number of anilines is 1. The van der Waals surface area contributed by atoms with Crippen molar-refractivity contribution in [1.29, 1.82) is 0 Å². The van der Waals surface area contributed by atoms with Gasteiger partial charge in [-0.05, 0) is 43.5 Å². The van der Waals surface area contributed by atoms with Crippen molar-refractivity contribution in [3.63, 3.8) is 0 Å². The smallest absolute Gasteiger partial charge is 0.335 e. The van der Waals surface area contributed by atoms with Crippen molar-refractivity contribution < 1.29 is 29.6 Å². The van der Waals surface area contributed by atoms with Gasteiger partial charge in [0.05, 0.1) is 11.3 Å². The number of phenols is 2. The maximum Gasteiger partial charge on any atom is 0.335 e. The average molecular weight is 558 g/mol. The largest absolute Gasteiger partial charge is 0.508 e. The molecule has 1 fully saturated rings. The zero-order chi connectivity index (χ0) is 28.0. The number of ether oxygens (including phenoxy) is 1. The third kappa shape index (κ3) is 11.4. The van der Waals surface area contributed by atoms with Gasteiger partial charge in [-0.2, -0.15) is 11.8 Å². The van der Waals surface area contributed by atoms with Gasteiger partial charge in [0.15, 0.2) is 5.75 Å². The van der Waals surface area contributed by atoms with E-state index in [1.807, 2.05) is 0 Å². The Labute approximate surface area is 236 Å². The van der Waals surface area contributed by atoms with Crippen molar-refractivity contribution in [2.24, 2.45) is 0 Å². The van der Waals surface area contributed by atoms with Crippen LogP contribution in [0.2, 0.25) is 0 Å². The minimum atomic E-state index is -1.20. The first-order valence-corrected chi connectivity index (χ1v) is 15.3. The van der Waals surface area contributed by atoms with Crippen molar-refractivity contribution in [2.45, 2.75) is 107 Å². The second-order valence-corrected chi connectivity index (χ2v) is 11.9. The van der Waals surface area contributed by atoms with E-state index in [1.165, 1.54) is 94.5 Å². The third-order valence-electron chi connectivity index (χ3n) is 7.03. The van der Waals surface area contributed by atoms with Gasteiger partial charge < -0.3 is 25.4 Å². The summed E-state index contributed by atoms with van der Waals surface area (Å²) in [7, 11) is 0. The van der Waals surface area contributed by atoms with E-state index in [1.54, 1.807) is 0 Å². The van der Waals surface area contributed by atoms with Gasteiger partial charge in [0.1, 0.15) is 17.2 Å². The molecule has 0 aromatic heterocycles. The summed E-state index contributed by atoms with van der Waals surface area (Å²) in [6.45, 7) is 2.26. The number of aromatic carboxylic acids is 1. The molecule has 0 saturated carbocycles. The summed E-state index contributed by atoms with van der Waals surface area (Å²) in [5.41, 5.74) is 0.151. The highest BCUT2D eigenvalue weighted by molar-refractivity contribution is 8.07. The van der Waals surface area contributed by atoms with Crippen LogP contribution in [0.3, 0.4) is 0 Å². The van der Waals surface area contributed by atoms with Crippen LogP contribution in [0.1, 0.15) is 107 Å². The topological polar surface area (TPSA) is 116 Å². The number of benzene rings is 2. The van der Waals surface area contributed by atoms with E-state index in [2.05, 4.69) is 24.0 Å². The van der Waals surface area contributed by atoms with Crippen molar-refractivity contribution in [3.05, 3.63) is 42.0 Å². The monoisotopic (exact) mass is 557 g/mol. The first-order valence-electron chi connectivity index (χ1n) is 14.4. The zero-order valence-corrected chi connectivity index (χ0v) is 23.8. The van der Waals surface area contributed by atoms with Crippen LogP contribution < -0.4 is 10.1 Å². The van der Waals surface area contributed by atoms with Crippen LogP contribution in [0.5, 0.6) is 23.0 Å². The van der Waals surface area contributed by atoms with Gasteiger partial charge in [0.2, 0.25) is 5.91 Å². The van der Waals surface area contributed by atoms with Crippen LogP contribution in [-0.2, 0) is 4.79 Å². The van der Waals surface area contributed by atoms with Gasteiger partial charge in [-0.3, -0.25) is 4.79 Å². The van der Waals surface area contributed by atoms with Crippen molar-refractivity contribution in [1.82, 2.24) is 0 Å². The molecule has 2 aromatic carbocycles. The van der Waals surface area contributed by atoms with Crippen LogP contribution in [0.25, 0.3) is 0 Å². The number of amides is 1. The summed E-state index contributed by atoms with van der Waals surface area (Å²) in [6, 6.07) is 7.95. The van der Waals surface area contributed by atoms with E-state index in [0.717, 1.165) is 35.8 Å². The molecule has 39 heavy (non-hydrogen) atoms. The summed E-state index contributed by atoms with van der Waals surface area (Å²) in [6.07, 6.45) is 16.9. The van der Waals surface area contributed by atoms with Gasteiger partial charge in [-0.15, -0.1) is 0 Å². The molecule has 8 heteroatoms. The third-order valence-corrected chi connectivity index (χ3v) is 8.54. The number of carbonyl (C=O) groups excluding carboxylic acids is 1. The minimum Gasteiger partial charge on any atom is -0.508 e. The summed E-state index contributed by atoms with van der Waals surface area (Å²) in [4.78, 5) is 23.8. The lowest BCUT2D eigenvalue weighted by molar-refractivity contribution is -0.116. The molecule has 3 rings (SSSR count). The molecule has 0 radical (unpaired) electrons. The molecule has 2 aromatic rings.